The van der Waals surface area contributed by atoms with Gasteiger partial charge in [0.25, 0.3) is 0 Å². The van der Waals surface area contributed by atoms with Crippen molar-refractivity contribution in [3.8, 4) is 33.8 Å². The third-order valence-corrected chi connectivity index (χ3v) is 4.40. The van der Waals surface area contributed by atoms with Gasteiger partial charge in [-0.2, -0.15) is 0 Å². The third-order valence-electron chi connectivity index (χ3n) is 4.40. The molecule has 4 aromatic rings. The van der Waals surface area contributed by atoms with Gasteiger partial charge in [-0.05, 0) is 41.5 Å². The molecule has 0 saturated heterocycles. The van der Waals surface area contributed by atoms with Crippen LogP contribution in [0.15, 0.2) is 60.9 Å². The quantitative estimate of drug-likeness (QED) is 0.561. The van der Waals surface area contributed by atoms with Crippen molar-refractivity contribution in [3.05, 3.63) is 66.7 Å². The number of ether oxygens (including phenoxy) is 2. The molecule has 0 unspecified atom stereocenters. The van der Waals surface area contributed by atoms with Crippen molar-refractivity contribution in [3.63, 3.8) is 0 Å². The van der Waals surface area contributed by atoms with Crippen LogP contribution in [0.25, 0.3) is 33.3 Å². The molecule has 130 valence electrons. The monoisotopic (exact) mass is 348 g/mol. The number of fused-ring (bicyclic) bond motifs is 1. The molecule has 0 atom stereocenters. The summed E-state index contributed by atoms with van der Waals surface area (Å²) in [5, 5.41) is 0.976. The average molecular weight is 348 g/mol. The number of aromatic nitrogens is 2. The molecule has 2 aromatic heterocycles. The Morgan fingerprint density at radius 3 is 2.31 bits per heavy atom. The Hall–Kier alpha value is -3.34. The van der Waals surface area contributed by atoms with Crippen LogP contribution in [0.4, 0.5) is 4.39 Å². The van der Waals surface area contributed by atoms with E-state index >= 15 is 0 Å². The zero-order chi connectivity index (χ0) is 18.1. The smallest absolute Gasteiger partial charge is 0.161 e. The normalized spacial score (nSPS) is 10.9. The van der Waals surface area contributed by atoms with E-state index in [4.69, 9.17) is 9.47 Å². The van der Waals surface area contributed by atoms with Crippen LogP contribution in [0.5, 0.6) is 11.5 Å². The Morgan fingerprint density at radius 2 is 1.58 bits per heavy atom. The van der Waals surface area contributed by atoms with Crippen LogP contribution < -0.4 is 9.47 Å². The lowest BCUT2D eigenvalue weighted by Gasteiger charge is -2.10. The summed E-state index contributed by atoms with van der Waals surface area (Å²) in [5.41, 5.74) is 4.64. The minimum atomic E-state index is -0.252. The predicted octanol–water partition coefficient (Wildman–Crippen LogP) is 5.05. The molecule has 0 spiro atoms. The average Bonchev–Trinajstić information content (AvgIpc) is 3.11. The molecule has 0 bridgehead atoms. The number of methoxy groups -OCH3 is 2. The van der Waals surface area contributed by atoms with E-state index in [1.165, 1.54) is 12.1 Å². The van der Waals surface area contributed by atoms with Crippen molar-refractivity contribution < 1.29 is 13.9 Å². The fraction of sp³-hybridized carbons (Fsp3) is 0.0952. The second-order valence-electron chi connectivity index (χ2n) is 5.90. The summed E-state index contributed by atoms with van der Waals surface area (Å²) >= 11 is 0. The number of aromatic amines is 1. The standard InChI is InChI=1S/C21H17FN2O2/c1-25-19-8-5-14(10-20(19)26-2)15-9-17-18(12-24-21(17)23-11-15)13-3-6-16(22)7-4-13/h3-12H,1-2H3,(H,23,24). The van der Waals surface area contributed by atoms with Crippen LogP contribution >= 0.6 is 0 Å². The van der Waals surface area contributed by atoms with Crippen LogP contribution in [-0.4, -0.2) is 24.2 Å². The van der Waals surface area contributed by atoms with Crippen molar-refractivity contribution in [1.29, 1.82) is 0 Å². The molecule has 4 rings (SSSR count). The summed E-state index contributed by atoms with van der Waals surface area (Å²) in [6.07, 6.45) is 3.71. The maximum atomic E-state index is 13.2. The molecule has 1 N–H and O–H groups in total. The Kier molecular flexibility index (Phi) is 4.05. The van der Waals surface area contributed by atoms with Gasteiger partial charge in [-0.3, -0.25) is 0 Å². The molecule has 0 aliphatic heterocycles. The number of hydrogen-bond donors (Lipinski definition) is 1. The van der Waals surface area contributed by atoms with Gasteiger partial charge in [-0.25, -0.2) is 9.37 Å². The number of rotatable bonds is 4. The van der Waals surface area contributed by atoms with Crippen LogP contribution in [0, 0.1) is 5.82 Å². The van der Waals surface area contributed by atoms with Gasteiger partial charge in [0.05, 0.1) is 14.2 Å². The van der Waals surface area contributed by atoms with E-state index in [-0.39, 0.29) is 5.82 Å². The van der Waals surface area contributed by atoms with Gasteiger partial charge in [0.1, 0.15) is 11.5 Å². The highest BCUT2D eigenvalue weighted by Crippen LogP contribution is 2.35. The van der Waals surface area contributed by atoms with Gasteiger partial charge in [-0.15, -0.1) is 0 Å². The fourth-order valence-electron chi connectivity index (χ4n) is 3.05. The molecule has 5 heteroatoms. The Labute approximate surface area is 150 Å². The summed E-state index contributed by atoms with van der Waals surface area (Å²) in [6, 6.07) is 14.3. The van der Waals surface area contributed by atoms with Crippen LogP contribution in [0.2, 0.25) is 0 Å². The van der Waals surface area contributed by atoms with Crippen molar-refractivity contribution in [2.24, 2.45) is 0 Å². The number of benzene rings is 2. The summed E-state index contributed by atoms with van der Waals surface area (Å²) in [5.74, 6) is 1.09. The molecule has 0 aliphatic carbocycles. The zero-order valence-electron chi connectivity index (χ0n) is 14.4. The lowest BCUT2D eigenvalue weighted by Crippen LogP contribution is -1.91. The number of nitrogens with one attached hydrogen (secondary N) is 1. The molecule has 26 heavy (non-hydrogen) atoms. The Bertz CT molecular complexity index is 1070. The van der Waals surface area contributed by atoms with E-state index in [9.17, 15) is 4.39 Å². The first kappa shape index (κ1) is 16.1. The second-order valence-corrected chi connectivity index (χ2v) is 5.90. The summed E-state index contributed by atoms with van der Waals surface area (Å²) < 4.78 is 23.9. The van der Waals surface area contributed by atoms with E-state index in [2.05, 4.69) is 16.0 Å². The molecule has 0 amide bonds. The van der Waals surface area contributed by atoms with Gasteiger partial charge in [0, 0.05) is 28.9 Å². The van der Waals surface area contributed by atoms with Gasteiger partial charge in [0.15, 0.2) is 11.5 Å². The maximum Gasteiger partial charge on any atom is 0.161 e. The van der Waals surface area contributed by atoms with Crippen molar-refractivity contribution in [2.45, 2.75) is 0 Å². The van der Waals surface area contributed by atoms with E-state index < -0.39 is 0 Å². The van der Waals surface area contributed by atoms with Gasteiger partial charge >= 0.3 is 0 Å². The summed E-state index contributed by atoms with van der Waals surface area (Å²) in [4.78, 5) is 7.69. The van der Waals surface area contributed by atoms with Gasteiger partial charge in [0.2, 0.25) is 0 Å². The van der Waals surface area contributed by atoms with E-state index in [1.54, 1.807) is 26.4 Å². The maximum absolute atomic E-state index is 13.2. The van der Waals surface area contributed by atoms with E-state index in [0.717, 1.165) is 33.3 Å². The first-order chi connectivity index (χ1) is 12.7. The second kappa shape index (κ2) is 6.52. The zero-order valence-corrected chi connectivity index (χ0v) is 14.4. The predicted molar refractivity (Wildman–Crippen MR) is 100 cm³/mol. The lowest BCUT2D eigenvalue weighted by atomic mass is 10.0. The molecule has 4 nitrogen and oxygen atoms in total. The van der Waals surface area contributed by atoms with Crippen LogP contribution in [-0.2, 0) is 0 Å². The van der Waals surface area contributed by atoms with E-state index in [1.807, 2.05) is 30.6 Å². The van der Waals surface area contributed by atoms with Crippen molar-refractivity contribution in [1.82, 2.24) is 9.97 Å². The number of hydrogen-bond acceptors (Lipinski definition) is 3. The molecule has 2 heterocycles. The topological polar surface area (TPSA) is 47.1 Å². The van der Waals surface area contributed by atoms with E-state index in [0.29, 0.717) is 11.5 Å². The Morgan fingerprint density at radius 1 is 0.846 bits per heavy atom. The third kappa shape index (κ3) is 2.77. The largest absolute Gasteiger partial charge is 0.493 e. The molecule has 2 aromatic carbocycles. The molecular formula is C21H17FN2O2. The van der Waals surface area contributed by atoms with Crippen molar-refractivity contribution in [2.75, 3.05) is 14.2 Å². The highest BCUT2D eigenvalue weighted by atomic mass is 19.1. The summed E-state index contributed by atoms with van der Waals surface area (Å²) in [6.45, 7) is 0. The Balaban J connectivity index is 1.83. The number of H-pyrrole nitrogens is 1. The lowest BCUT2D eigenvalue weighted by molar-refractivity contribution is 0.355. The number of pyridine rings is 1. The molecule has 0 radical (unpaired) electrons. The molecule has 0 saturated carbocycles. The number of nitrogens with zero attached hydrogens (tertiary/aromatic N) is 1. The minimum Gasteiger partial charge on any atom is -0.493 e. The molecular weight excluding hydrogens is 331 g/mol. The highest BCUT2D eigenvalue weighted by molar-refractivity contribution is 5.95. The first-order valence-corrected chi connectivity index (χ1v) is 8.15. The summed E-state index contributed by atoms with van der Waals surface area (Å²) in [7, 11) is 3.22. The van der Waals surface area contributed by atoms with Crippen molar-refractivity contribution >= 4 is 11.0 Å². The molecule has 0 aliphatic rings. The SMILES string of the molecule is COc1ccc(-c2cnc3[nH]cc(-c4ccc(F)cc4)c3c2)cc1OC. The minimum absolute atomic E-state index is 0.252. The molecule has 0 fully saturated rings. The highest BCUT2D eigenvalue weighted by Gasteiger charge is 2.11. The first-order valence-electron chi connectivity index (χ1n) is 8.15. The fourth-order valence-corrected chi connectivity index (χ4v) is 3.05. The van der Waals surface area contributed by atoms with Gasteiger partial charge < -0.3 is 14.5 Å². The number of halogens is 1. The van der Waals surface area contributed by atoms with Crippen LogP contribution in [0.1, 0.15) is 0 Å². The van der Waals surface area contributed by atoms with Crippen LogP contribution in [0.3, 0.4) is 0 Å². The van der Waals surface area contributed by atoms with Gasteiger partial charge in [-0.1, -0.05) is 18.2 Å².